The molecular formula is C16H26N2O2. The molecule has 0 aromatic rings. The lowest BCUT2D eigenvalue weighted by Crippen LogP contribution is -2.41. The molecule has 0 bridgehead atoms. The zero-order chi connectivity index (χ0) is 14.1. The Morgan fingerprint density at radius 2 is 1.30 bits per heavy atom. The van der Waals surface area contributed by atoms with Crippen LogP contribution in [0.2, 0.25) is 0 Å². The molecule has 2 saturated heterocycles. The number of carbonyl (C=O) groups excluding carboxylic acids is 2. The van der Waals surface area contributed by atoms with E-state index in [1.165, 1.54) is 6.42 Å². The Morgan fingerprint density at radius 1 is 0.800 bits per heavy atom. The van der Waals surface area contributed by atoms with Crippen LogP contribution in [-0.4, -0.2) is 47.8 Å². The number of carbonyl (C=O) groups is 2. The van der Waals surface area contributed by atoms with Gasteiger partial charge in [-0.2, -0.15) is 0 Å². The number of amides is 2. The average molecular weight is 278 g/mol. The predicted octanol–water partition coefficient (Wildman–Crippen LogP) is 1.89. The van der Waals surface area contributed by atoms with Gasteiger partial charge in [-0.15, -0.1) is 0 Å². The van der Waals surface area contributed by atoms with E-state index in [9.17, 15) is 9.59 Å². The van der Waals surface area contributed by atoms with Gasteiger partial charge in [-0.3, -0.25) is 9.59 Å². The van der Waals surface area contributed by atoms with Gasteiger partial charge in [-0.05, 0) is 44.4 Å². The normalized spacial score (nSPS) is 31.2. The third kappa shape index (κ3) is 2.84. The summed E-state index contributed by atoms with van der Waals surface area (Å²) in [6, 6.07) is 0. The molecule has 2 heterocycles. The van der Waals surface area contributed by atoms with E-state index in [1.807, 2.05) is 9.80 Å². The van der Waals surface area contributed by atoms with Gasteiger partial charge in [0.15, 0.2) is 0 Å². The summed E-state index contributed by atoms with van der Waals surface area (Å²) in [6.07, 6.45) is 6.51. The van der Waals surface area contributed by atoms with Crippen LogP contribution in [0.25, 0.3) is 0 Å². The van der Waals surface area contributed by atoms with E-state index < -0.39 is 0 Å². The van der Waals surface area contributed by atoms with Crippen LogP contribution in [0.1, 0.15) is 45.4 Å². The number of piperidine rings is 2. The zero-order valence-electron chi connectivity index (χ0n) is 12.5. The largest absolute Gasteiger partial charge is 0.342 e. The second kappa shape index (κ2) is 5.74. The molecule has 0 spiro atoms. The van der Waals surface area contributed by atoms with Gasteiger partial charge < -0.3 is 9.80 Å². The maximum Gasteiger partial charge on any atom is 0.226 e. The summed E-state index contributed by atoms with van der Waals surface area (Å²) in [6.45, 7) is 5.83. The molecule has 2 unspecified atom stereocenters. The Hall–Kier alpha value is -1.06. The minimum atomic E-state index is -0.00201. The highest BCUT2D eigenvalue weighted by Crippen LogP contribution is 2.42. The highest BCUT2D eigenvalue weighted by atomic mass is 16.2. The molecule has 3 aliphatic rings. The van der Waals surface area contributed by atoms with Gasteiger partial charge in [0.1, 0.15) is 0 Å². The third-order valence-corrected chi connectivity index (χ3v) is 5.19. The van der Waals surface area contributed by atoms with E-state index in [2.05, 4.69) is 6.92 Å². The topological polar surface area (TPSA) is 40.6 Å². The first-order chi connectivity index (χ1) is 9.66. The molecular weight excluding hydrogens is 252 g/mol. The fraction of sp³-hybridized carbons (Fsp3) is 0.875. The van der Waals surface area contributed by atoms with Crippen LogP contribution in [0.5, 0.6) is 0 Å². The van der Waals surface area contributed by atoms with Crippen LogP contribution < -0.4 is 0 Å². The van der Waals surface area contributed by atoms with E-state index in [0.29, 0.717) is 0 Å². The highest BCUT2D eigenvalue weighted by Gasteiger charge is 2.50. The molecule has 0 N–H and O–H groups in total. The van der Waals surface area contributed by atoms with Gasteiger partial charge in [0.2, 0.25) is 11.8 Å². The average Bonchev–Trinajstić information content (AvgIpc) is 3.28. The summed E-state index contributed by atoms with van der Waals surface area (Å²) < 4.78 is 0. The minimum absolute atomic E-state index is 0.0000463. The van der Waals surface area contributed by atoms with Crippen molar-refractivity contribution in [3.8, 4) is 0 Å². The first-order valence-electron chi connectivity index (χ1n) is 8.24. The number of nitrogens with zero attached hydrogens (tertiary/aromatic N) is 2. The molecule has 1 aliphatic carbocycles. The Morgan fingerprint density at radius 3 is 1.85 bits per heavy atom. The summed E-state index contributed by atoms with van der Waals surface area (Å²) in [5, 5.41) is 0. The van der Waals surface area contributed by atoms with Crippen molar-refractivity contribution in [2.24, 2.45) is 17.8 Å². The van der Waals surface area contributed by atoms with E-state index >= 15 is 0 Å². The molecule has 3 fully saturated rings. The molecule has 3 rings (SSSR count). The zero-order valence-corrected chi connectivity index (χ0v) is 12.5. The molecule has 2 aliphatic heterocycles. The molecule has 0 aromatic carbocycles. The summed E-state index contributed by atoms with van der Waals surface area (Å²) in [4.78, 5) is 28.8. The van der Waals surface area contributed by atoms with Crippen LogP contribution >= 0.6 is 0 Å². The number of hydrogen-bond donors (Lipinski definition) is 0. The van der Waals surface area contributed by atoms with Crippen LogP contribution in [0.4, 0.5) is 0 Å². The van der Waals surface area contributed by atoms with Crippen LogP contribution in [0.15, 0.2) is 0 Å². The van der Waals surface area contributed by atoms with Gasteiger partial charge in [0.25, 0.3) is 0 Å². The fourth-order valence-corrected chi connectivity index (χ4v) is 3.55. The van der Waals surface area contributed by atoms with Gasteiger partial charge in [-0.25, -0.2) is 0 Å². The second-order valence-corrected chi connectivity index (χ2v) is 6.84. The molecule has 0 aromatic heterocycles. The Kier molecular flexibility index (Phi) is 3.99. The van der Waals surface area contributed by atoms with Crippen molar-refractivity contribution in [1.82, 2.24) is 9.80 Å². The van der Waals surface area contributed by atoms with Gasteiger partial charge >= 0.3 is 0 Å². The molecule has 1 saturated carbocycles. The summed E-state index contributed by atoms with van der Waals surface area (Å²) in [5.41, 5.74) is 0. The van der Waals surface area contributed by atoms with Crippen molar-refractivity contribution in [3.05, 3.63) is 0 Å². The molecule has 4 nitrogen and oxygen atoms in total. The monoisotopic (exact) mass is 278 g/mol. The van der Waals surface area contributed by atoms with Crippen molar-refractivity contribution < 1.29 is 9.59 Å². The molecule has 0 radical (unpaired) electrons. The molecule has 4 heteroatoms. The highest BCUT2D eigenvalue weighted by molar-refractivity contribution is 5.92. The van der Waals surface area contributed by atoms with E-state index in [1.54, 1.807) is 0 Å². The predicted molar refractivity (Wildman–Crippen MR) is 77.0 cm³/mol. The fourth-order valence-electron chi connectivity index (χ4n) is 3.55. The lowest BCUT2D eigenvalue weighted by atomic mass is 9.99. The van der Waals surface area contributed by atoms with Crippen molar-refractivity contribution in [2.45, 2.75) is 45.4 Å². The lowest BCUT2D eigenvalue weighted by molar-refractivity contribution is -0.139. The maximum atomic E-state index is 12.4. The molecule has 2 amide bonds. The van der Waals surface area contributed by atoms with Gasteiger partial charge in [0, 0.05) is 26.2 Å². The van der Waals surface area contributed by atoms with E-state index in [4.69, 9.17) is 0 Å². The van der Waals surface area contributed by atoms with Crippen molar-refractivity contribution in [3.63, 3.8) is 0 Å². The van der Waals surface area contributed by atoms with E-state index in [-0.39, 0.29) is 23.7 Å². The number of likely N-dealkylation sites (tertiary alicyclic amines) is 2. The standard InChI is InChI=1S/C16H26N2O2/c1-12-5-9-18(10-6-12)16(20)14-11-13(14)15(19)17-7-3-2-4-8-17/h12-14H,2-11H2,1H3. The molecule has 112 valence electrons. The summed E-state index contributed by atoms with van der Waals surface area (Å²) >= 11 is 0. The lowest BCUT2D eigenvalue weighted by Gasteiger charge is -2.31. The number of rotatable bonds is 2. The van der Waals surface area contributed by atoms with Crippen LogP contribution in [0, 0.1) is 17.8 Å². The maximum absolute atomic E-state index is 12.4. The Bertz CT molecular complexity index is 382. The Balaban J connectivity index is 1.50. The third-order valence-electron chi connectivity index (χ3n) is 5.19. The molecule has 20 heavy (non-hydrogen) atoms. The first kappa shape index (κ1) is 13.9. The molecule has 2 atom stereocenters. The second-order valence-electron chi connectivity index (χ2n) is 6.84. The first-order valence-corrected chi connectivity index (χ1v) is 8.24. The summed E-state index contributed by atoms with van der Waals surface area (Å²) in [7, 11) is 0. The van der Waals surface area contributed by atoms with Crippen molar-refractivity contribution in [1.29, 1.82) is 0 Å². The number of hydrogen-bond acceptors (Lipinski definition) is 2. The van der Waals surface area contributed by atoms with E-state index in [0.717, 1.165) is 64.2 Å². The Labute approximate surface area is 121 Å². The van der Waals surface area contributed by atoms with Gasteiger partial charge in [-0.1, -0.05) is 6.92 Å². The van der Waals surface area contributed by atoms with Crippen LogP contribution in [0.3, 0.4) is 0 Å². The minimum Gasteiger partial charge on any atom is -0.342 e. The van der Waals surface area contributed by atoms with Crippen molar-refractivity contribution >= 4 is 11.8 Å². The van der Waals surface area contributed by atoms with Gasteiger partial charge in [0.05, 0.1) is 11.8 Å². The quantitative estimate of drug-likeness (QED) is 0.774. The summed E-state index contributed by atoms with van der Waals surface area (Å²) in [5.74, 6) is 1.22. The smallest absolute Gasteiger partial charge is 0.226 e. The van der Waals surface area contributed by atoms with Crippen LogP contribution in [-0.2, 0) is 9.59 Å². The van der Waals surface area contributed by atoms with Crippen molar-refractivity contribution in [2.75, 3.05) is 26.2 Å². The SMILES string of the molecule is CC1CCN(C(=O)C2CC2C(=O)N2CCCCC2)CC1.